The Bertz CT molecular complexity index is 894. The van der Waals surface area contributed by atoms with Crippen LogP contribution in [0.25, 0.3) is 0 Å². The van der Waals surface area contributed by atoms with Crippen LogP contribution in [0.5, 0.6) is 0 Å². The second-order valence-corrected chi connectivity index (χ2v) is 6.20. The van der Waals surface area contributed by atoms with E-state index in [2.05, 4.69) is 10.6 Å². The number of para-hydroxylation sites is 1. The zero-order valence-corrected chi connectivity index (χ0v) is 14.0. The third-order valence-corrected chi connectivity index (χ3v) is 4.43. The van der Waals surface area contributed by atoms with Crippen LogP contribution < -0.4 is 10.6 Å². The van der Waals surface area contributed by atoms with Gasteiger partial charge in [-0.1, -0.05) is 36.4 Å². The van der Waals surface area contributed by atoms with Crippen LogP contribution in [-0.4, -0.2) is 11.8 Å². The highest BCUT2D eigenvalue weighted by atomic mass is 32.1. The quantitative estimate of drug-likeness (QED) is 0.726. The van der Waals surface area contributed by atoms with Crippen LogP contribution in [0, 0.1) is 5.82 Å². The number of halogens is 1. The number of thiophene rings is 1. The SMILES string of the molecule is O=C(Nc1ccccc1C(=O)NCc1ccccc1F)c1cccs1. The van der Waals surface area contributed by atoms with E-state index in [-0.39, 0.29) is 24.2 Å². The molecule has 126 valence electrons. The molecule has 25 heavy (non-hydrogen) atoms. The highest BCUT2D eigenvalue weighted by molar-refractivity contribution is 7.12. The molecule has 0 unspecified atom stereocenters. The highest BCUT2D eigenvalue weighted by Crippen LogP contribution is 2.18. The lowest BCUT2D eigenvalue weighted by Gasteiger charge is -2.11. The van der Waals surface area contributed by atoms with E-state index >= 15 is 0 Å². The summed E-state index contributed by atoms with van der Waals surface area (Å²) in [5.41, 5.74) is 1.13. The molecule has 6 heteroatoms. The number of nitrogens with one attached hydrogen (secondary N) is 2. The minimum absolute atomic E-state index is 0.0682. The van der Waals surface area contributed by atoms with Gasteiger partial charge in [-0.3, -0.25) is 9.59 Å². The third kappa shape index (κ3) is 4.10. The van der Waals surface area contributed by atoms with Crippen molar-refractivity contribution in [2.24, 2.45) is 0 Å². The molecule has 2 N–H and O–H groups in total. The lowest BCUT2D eigenvalue weighted by atomic mass is 10.1. The second-order valence-electron chi connectivity index (χ2n) is 5.25. The molecule has 4 nitrogen and oxygen atoms in total. The van der Waals surface area contributed by atoms with Gasteiger partial charge in [0.25, 0.3) is 11.8 Å². The summed E-state index contributed by atoms with van der Waals surface area (Å²) in [5, 5.41) is 7.22. The summed E-state index contributed by atoms with van der Waals surface area (Å²) in [6.07, 6.45) is 0. The molecule has 1 heterocycles. The van der Waals surface area contributed by atoms with Crippen molar-refractivity contribution >= 4 is 28.8 Å². The molecule has 0 aliphatic carbocycles. The number of hydrogen-bond donors (Lipinski definition) is 2. The van der Waals surface area contributed by atoms with E-state index in [0.717, 1.165) is 0 Å². The standard InChI is InChI=1S/C19H15FN2O2S/c20-15-8-3-1-6-13(15)12-21-18(23)14-7-2-4-9-16(14)22-19(24)17-10-5-11-25-17/h1-11H,12H2,(H,21,23)(H,22,24). The Morgan fingerprint density at radius 1 is 0.920 bits per heavy atom. The molecule has 0 saturated carbocycles. The third-order valence-electron chi connectivity index (χ3n) is 3.56. The Morgan fingerprint density at radius 2 is 1.68 bits per heavy atom. The highest BCUT2D eigenvalue weighted by Gasteiger charge is 2.14. The number of carbonyl (C=O) groups excluding carboxylic acids is 2. The Hall–Kier alpha value is -2.99. The van der Waals surface area contributed by atoms with E-state index in [9.17, 15) is 14.0 Å². The monoisotopic (exact) mass is 354 g/mol. The van der Waals surface area contributed by atoms with E-state index in [0.29, 0.717) is 21.7 Å². The van der Waals surface area contributed by atoms with E-state index < -0.39 is 0 Å². The summed E-state index contributed by atoms with van der Waals surface area (Å²) < 4.78 is 13.6. The fraction of sp³-hybridized carbons (Fsp3) is 0.0526. The minimum Gasteiger partial charge on any atom is -0.348 e. The predicted molar refractivity (Wildman–Crippen MR) is 96.3 cm³/mol. The lowest BCUT2D eigenvalue weighted by molar-refractivity contribution is 0.0951. The van der Waals surface area contributed by atoms with Gasteiger partial charge in [-0.25, -0.2) is 4.39 Å². The number of benzene rings is 2. The second kappa shape index (κ2) is 7.72. The van der Waals surface area contributed by atoms with Gasteiger partial charge in [0.1, 0.15) is 5.82 Å². The van der Waals surface area contributed by atoms with Crippen LogP contribution in [0.1, 0.15) is 25.6 Å². The predicted octanol–water partition coefficient (Wildman–Crippen LogP) is 4.07. The van der Waals surface area contributed by atoms with Crippen LogP contribution in [0.15, 0.2) is 66.0 Å². The Labute approximate surface area is 148 Å². The van der Waals surface area contributed by atoms with Crippen molar-refractivity contribution in [3.8, 4) is 0 Å². The lowest BCUT2D eigenvalue weighted by Crippen LogP contribution is -2.25. The van der Waals surface area contributed by atoms with Gasteiger partial charge in [-0.05, 0) is 29.6 Å². The van der Waals surface area contributed by atoms with Crippen molar-refractivity contribution in [2.45, 2.75) is 6.54 Å². The number of amides is 2. The first-order valence-corrected chi connectivity index (χ1v) is 8.48. The number of hydrogen-bond acceptors (Lipinski definition) is 3. The molecule has 0 saturated heterocycles. The summed E-state index contributed by atoms with van der Waals surface area (Å²) >= 11 is 1.32. The number of rotatable bonds is 5. The van der Waals surface area contributed by atoms with Crippen molar-refractivity contribution in [1.29, 1.82) is 0 Å². The van der Waals surface area contributed by atoms with Gasteiger partial charge >= 0.3 is 0 Å². The molecule has 2 amide bonds. The van der Waals surface area contributed by atoms with Crippen LogP contribution in [0.2, 0.25) is 0 Å². The minimum atomic E-state index is -0.384. The van der Waals surface area contributed by atoms with E-state index in [4.69, 9.17) is 0 Å². The van der Waals surface area contributed by atoms with Gasteiger partial charge in [-0.2, -0.15) is 0 Å². The maximum Gasteiger partial charge on any atom is 0.265 e. The van der Waals surface area contributed by atoms with Crippen molar-refractivity contribution in [2.75, 3.05) is 5.32 Å². The van der Waals surface area contributed by atoms with E-state index in [1.807, 2.05) is 5.38 Å². The zero-order valence-electron chi connectivity index (χ0n) is 13.2. The molecule has 0 atom stereocenters. The summed E-state index contributed by atoms with van der Waals surface area (Å²) in [4.78, 5) is 25.2. The molecule has 3 aromatic rings. The van der Waals surface area contributed by atoms with Crippen LogP contribution in [0.3, 0.4) is 0 Å². The Balaban J connectivity index is 1.72. The average molecular weight is 354 g/mol. The summed E-state index contributed by atoms with van der Waals surface area (Å²) in [5.74, 6) is -1.03. The largest absolute Gasteiger partial charge is 0.348 e. The molecule has 0 radical (unpaired) electrons. The molecule has 2 aromatic carbocycles. The van der Waals surface area contributed by atoms with Crippen LogP contribution in [0.4, 0.5) is 10.1 Å². The van der Waals surface area contributed by atoms with Gasteiger partial charge in [0.05, 0.1) is 16.1 Å². The van der Waals surface area contributed by atoms with Crippen LogP contribution in [-0.2, 0) is 6.54 Å². The average Bonchev–Trinajstić information content (AvgIpc) is 3.16. The molecule has 0 aliphatic heterocycles. The molecular weight excluding hydrogens is 339 g/mol. The Kier molecular flexibility index (Phi) is 5.20. The molecule has 1 aromatic heterocycles. The normalized spacial score (nSPS) is 10.3. The van der Waals surface area contributed by atoms with Crippen molar-refractivity contribution < 1.29 is 14.0 Å². The van der Waals surface area contributed by atoms with Crippen molar-refractivity contribution in [1.82, 2.24) is 5.32 Å². The van der Waals surface area contributed by atoms with Crippen molar-refractivity contribution in [3.05, 3.63) is 87.9 Å². The summed E-state index contributed by atoms with van der Waals surface area (Å²) in [6, 6.07) is 16.5. The first kappa shape index (κ1) is 16.9. The van der Waals surface area contributed by atoms with Gasteiger partial charge in [0.2, 0.25) is 0 Å². The molecule has 0 aliphatic rings. The number of carbonyl (C=O) groups is 2. The topological polar surface area (TPSA) is 58.2 Å². The van der Waals surface area contributed by atoms with E-state index in [1.165, 1.54) is 17.4 Å². The Morgan fingerprint density at radius 3 is 2.44 bits per heavy atom. The van der Waals surface area contributed by atoms with Gasteiger partial charge in [-0.15, -0.1) is 11.3 Å². The smallest absolute Gasteiger partial charge is 0.265 e. The van der Waals surface area contributed by atoms with E-state index in [1.54, 1.807) is 54.6 Å². The summed E-state index contributed by atoms with van der Waals surface area (Å²) in [6.45, 7) is 0.0682. The van der Waals surface area contributed by atoms with Gasteiger partial charge in [0, 0.05) is 12.1 Å². The van der Waals surface area contributed by atoms with Crippen LogP contribution >= 0.6 is 11.3 Å². The first-order valence-electron chi connectivity index (χ1n) is 7.60. The molecule has 0 fully saturated rings. The number of anilines is 1. The maximum atomic E-state index is 13.6. The van der Waals surface area contributed by atoms with Crippen molar-refractivity contribution in [3.63, 3.8) is 0 Å². The summed E-state index contributed by atoms with van der Waals surface area (Å²) in [7, 11) is 0. The van der Waals surface area contributed by atoms with Gasteiger partial charge < -0.3 is 10.6 Å². The molecule has 0 bridgehead atoms. The fourth-order valence-corrected chi connectivity index (χ4v) is 2.91. The first-order chi connectivity index (χ1) is 12.1. The maximum absolute atomic E-state index is 13.6. The molecule has 3 rings (SSSR count). The molecular formula is C19H15FN2O2S. The molecule has 0 spiro atoms. The zero-order chi connectivity index (χ0) is 17.6. The van der Waals surface area contributed by atoms with Gasteiger partial charge in [0.15, 0.2) is 0 Å². The fourth-order valence-electron chi connectivity index (χ4n) is 2.29.